The van der Waals surface area contributed by atoms with Crippen molar-refractivity contribution in [1.82, 2.24) is 14.7 Å². The minimum atomic E-state index is 0.128. The van der Waals surface area contributed by atoms with Crippen LogP contribution in [0.4, 0.5) is 5.69 Å². The van der Waals surface area contributed by atoms with E-state index in [0.717, 1.165) is 64.4 Å². The molecule has 8 nitrogen and oxygen atoms in total. The lowest BCUT2D eigenvalue weighted by molar-refractivity contribution is -0.104. The molecule has 3 aliphatic heterocycles. The van der Waals surface area contributed by atoms with Gasteiger partial charge >= 0.3 is 0 Å². The molecule has 3 heterocycles. The second kappa shape index (κ2) is 22.6. The van der Waals surface area contributed by atoms with Gasteiger partial charge in [0.15, 0.2) is 0 Å². The number of ether oxygens (including phenoxy) is 2. The van der Waals surface area contributed by atoms with Gasteiger partial charge in [-0.05, 0) is 114 Å². The molecule has 0 radical (unpaired) electrons. The number of nitrogens with two attached hydrogens (primary N) is 1. The smallest absolute Gasteiger partial charge is 0.142 e. The number of rotatable bonds is 13. The van der Waals surface area contributed by atoms with E-state index in [4.69, 9.17) is 15.9 Å². The fraction of sp³-hybridized carbons (Fsp3) is 0.605. The number of likely N-dealkylation sites (N-methyl/N-ethyl adjacent to an activating group) is 2. The summed E-state index contributed by atoms with van der Waals surface area (Å²) in [6.07, 6.45) is 16.1. The van der Waals surface area contributed by atoms with Gasteiger partial charge in [-0.15, -0.1) is 12.3 Å². The summed E-state index contributed by atoms with van der Waals surface area (Å²) < 4.78 is 11.3. The van der Waals surface area contributed by atoms with Gasteiger partial charge in [-0.3, -0.25) is 9.69 Å². The number of carbonyl (C=O) groups is 1. The van der Waals surface area contributed by atoms with Crippen LogP contribution in [0, 0.1) is 18.3 Å². The molecule has 8 heteroatoms. The summed E-state index contributed by atoms with van der Waals surface area (Å²) in [6.45, 7) is 16.8. The second-order valence-electron chi connectivity index (χ2n) is 12.7. The molecule has 1 aromatic carbocycles. The van der Waals surface area contributed by atoms with Gasteiger partial charge < -0.3 is 30.3 Å². The summed E-state index contributed by atoms with van der Waals surface area (Å²) >= 11 is 0. The van der Waals surface area contributed by atoms with Crippen LogP contribution in [0.1, 0.15) is 57.4 Å². The van der Waals surface area contributed by atoms with E-state index in [1.165, 1.54) is 73.7 Å². The van der Waals surface area contributed by atoms with Crippen LogP contribution in [0.15, 0.2) is 60.3 Å². The van der Waals surface area contributed by atoms with Crippen LogP contribution in [-0.4, -0.2) is 113 Å². The van der Waals surface area contributed by atoms with Crippen LogP contribution in [-0.2, 0) is 14.3 Å². The van der Waals surface area contributed by atoms with E-state index in [2.05, 4.69) is 83.4 Å². The molecule has 3 fully saturated rings. The quantitative estimate of drug-likeness (QED) is 0.133. The Kier molecular flexibility index (Phi) is 19.3. The Morgan fingerprint density at radius 3 is 2.52 bits per heavy atom. The summed E-state index contributed by atoms with van der Waals surface area (Å²) in [6, 6.07) is 9.93. The first-order valence-electron chi connectivity index (χ1n) is 16.9. The molecule has 3 N–H and O–H groups in total. The average Bonchev–Trinajstić information content (AvgIpc) is 3.07. The summed E-state index contributed by atoms with van der Waals surface area (Å²) in [4.78, 5) is 17.0. The minimum Gasteiger partial charge on any atom is -0.405 e. The monoisotopic (exact) mass is 635 g/mol. The van der Waals surface area contributed by atoms with Gasteiger partial charge in [0, 0.05) is 71.2 Å². The van der Waals surface area contributed by atoms with Crippen molar-refractivity contribution in [2.24, 2.45) is 11.7 Å². The zero-order valence-corrected chi connectivity index (χ0v) is 29.3. The number of carbonyl (C=O) groups excluding carboxylic acids is 1. The van der Waals surface area contributed by atoms with Crippen molar-refractivity contribution in [2.75, 3.05) is 85.5 Å². The summed E-state index contributed by atoms with van der Waals surface area (Å²) in [5.41, 5.74) is 10.2. The number of terminal acetylenes is 1. The highest BCUT2D eigenvalue weighted by molar-refractivity contribution is 5.64. The molecule has 46 heavy (non-hydrogen) atoms. The lowest BCUT2D eigenvalue weighted by Gasteiger charge is -2.46. The number of aldehydes is 1. The van der Waals surface area contributed by atoms with Gasteiger partial charge in [0.25, 0.3) is 0 Å². The number of benzene rings is 1. The number of likely N-dealkylation sites (tertiary alicyclic amines) is 2. The Morgan fingerprint density at radius 1 is 1.26 bits per heavy atom. The lowest BCUT2D eigenvalue weighted by atomic mass is 9.87. The Hall–Kier alpha value is -2.93. The number of piperidine rings is 1. The van der Waals surface area contributed by atoms with Crippen molar-refractivity contribution in [3.63, 3.8) is 0 Å². The Morgan fingerprint density at radius 2 is 1.93 bits per heavy atom. The average molecular weight is 636 g/mol. The maximum absolute atomic E-state index is 9.86. The van der Waals surface area contributed by atoms with Crippen LogP contribution in [0.3, 0.4) is 0 Å². The third kappa shape index (κ3) is 13.8. The molecule has 0 saturated carbocycles. The predicted molar refractivity (Wildman–Crippen MR) is 193 cm³/mol. The Balaban J connectivity index is 0.000000444. The Labute approximate surface area is 280 Å². The number of hydrogen-bond acceptors (Lipinski definition) is 8. The van der Waals surface area contributed by atoms with Crippen LogP contribution in [0.25, 0.3) is 0 Å². The molecular weight excluding hydrogens is 574 g/mol. The van der Waals surface area contributed by atoms with Crippen molar-refractivity contribution in [2.45, 2.75) is 64.0 Å². The van der Waals surface area contributed by atoms with Gasteiger partial charge in [0.05, 0.1) is 6.10 Å². The van der Waals surface area contributed by atoms with Gasteiger partial charge in [-0.25, -0.2) is 0 Å². The van der Waals surface area contributed by atoms with Crippen LogP contribution in [0.5, 0.6) is 0 Å². The number of nitrogens with one attached hydrogen (secondary N) is 1. The maximum atomic E-state index is 9.86. The van der Waals surface area contributed by atoms with E-state index in [-0.39, 0.29) is 6.10 Å². The third-order valence-electron chi connectivity index (χ3n) is 9.39. The van der Waals surface area contributed by atoms with Gasteiger partial charge in [-0.2, -0.15) is 0 Å². The molecular formula is C38H61N5O3. The molecule has 0 aromatic heterocycles. The van der Waals surface area contributed by atoms with Gasteiger partial charge in [0.1, 0.15) is 6.29 Å². The Bertz CT molecular complexity index is 1110. The zero-order valence-electron chi connectivity index (χ0n) is 29.3. The highest BCUT2D eigenvalue weighted by Gasteiger charge is 2.32. The van der Waals surface area contributed by atoms with E-state index in [0.29, 0.717) is 11.8 Å². The van der Waals surface area contributed by atoms with E-state index < -0.39 is 0 Å². The van der Waals surface area contributed by atoms with Gasteiger partial charge in [0.2, 0.25) is 0 Å². The first-order chi connectivity index (χ1) is 22.3. The first kappa shape index (κ1) is 39.2. The van der Waals surface area contributed by atoms with E-state index >= 15 is 0 Å². The molecule has 1 unspecified atom stereocenters. The highest BCUT2D eigenvalue weighted by Crippen LogP contribution is 2.32. The molecule has 0 aliphatic carbocycles. The predicted octanol–water partition coefficient (Wildman–Crippen LogP) is 5.16. The van der Waals surface area contributed by atoms with Crippen molar-refractivity contribution in [3.8, 4) is 12.3 Å². The molecule has 4 rings (SSSR count). The standard InChI is InChI=1S/C27H43N3O2.C9H13NO.C2H5N/c1-20(22-10-14-32-15-11-22)27(21(2)31-4)17-28-25-7-5-6-24(16-25)23-8-12-30(13-9-23)26-18-29(3)19-26;1-3-4-7-10(2)8-5-6-9-11;1-2-3/h5-7,16,21-23,26,28H,8-15,17-19H2,1-4H3;1,5-6,9H,4,7-8H2,2H3;2H,1,3H2/b27-20-;6-5+;. The molecule has 256 valence electrons. The van der Waals surface area contributed by atoms with Crippen molar-refractivity contribution < 1.29 is 14.3 Å². The molecule has 1 aromatic rings. The highest BCUT2D eigenvalue weighted by atomic mass is 16.5. The fourth-order valence-electron chi connectivity index (χ4n) is 6.38. The topological polar surface area (TPSA) is 83.3 Å². The lowest BCUT2D eigenvalue weighted by Crippen LogP contribution is -2.59. The first-order valence-corrected chi connectivity index (χ1v) is 16.9. The van der Waals surface area contributed by atoms with Crippen molar-refractivity contribution in [1.29, 1.82) is 0 Å². The molecule has 3 aliphatic rings. The number of methoxy groups -OCH3 is 1. The maximum Gasteiger partial charge on any atom is 0.142 e. The molecule has 3 saturated heterocycles. The number of nitrogens with zero attached hydrogens (tertiary/aromatic N) is 3. The van der Waals surface area contributed by atoms with E-state index in [1.54, 1.807) is 0 Å². The molecule has 1 atom stereocenters. The van der Waals surface area contributed by atoms with Crippen LogP contribution < -0.4 is 11.1 Å². The largest absolute Gasteiger partial charge is 0.405 e. The van der Waals surface area contributed by atoms with Crippen molar-refractivity contribution >= 4 is 12.0 Å². The second-order valence-corrected chi connectivity index (χ2v) is 12.7. The summed E-state index contributed by atoms with van der Waals surface area (Å²) in [7, 11) is 6.00. The van der Waals surface area contributed by atoms with Crippen LogP contribution in [0.2, 0.25) is 0 Å². The number of anilines is 1. The third-order valence-corrected chi connectivity index (χ3v) is 9.39. The normalized spacial score (nSPS) is 19.5. The SMILES string of the molecule is C#CCCN(C)C/C=C/C=O.C=CN.COC(C)/C(CNc1cccc(C2CCN(C3CN(C)C3)CC2)c1)=C(/C)C1CCOCC1. The molecule has 0 bridgehead atoms. The summed E-state index contributed by atoms with van der Waals surface area (Å²) in [5, 5.41) is 3.72. The zero-order chi connectivity index (χ0) is 33.7. The summed E-state index contributed by atoms with van der Waals surface area (Å²) in [5.74, 6) is 3.85. The molecule has 0 spiro atoms. The fourth-order valence-corrected chi connectivity index (χ4v) is 6.38. The minimum absolute atomic E-state index is 0.128. The van der Waals surface area contributed by atoms with E-state index in [1.807, 2.05) is 20.2 Å². The van der Waals surface area contributed by atoms with E-state index in [9.17, 15) is 4.79 Å². The van der Waals surface area contributed by atoms with Crippen LogP contribution >= 0.6 is 0 Å². The number of hydrogen-bond donors (Lipinski definition) is 2. The van der Waals surface area contributed by atoms with Gasteiger partial charge in [-0.1, -0.05) is 30.4 Å². The molecule has 0 amide bonds. The van der Waals surface area contributed by atoms with Crippen molar-refractivity contribution in [3.05, 3.63) is 65.9 Å². The number of allylic oxidation sites excluding steroid dienone is 2.